The lowest BCUT2D eigenvalue weighted by molar-refractivity contribution is -0.274. The van der Waals surface area contributed by atoms with Crippen LogP contribution < -0.4 is 4.74 Å². The topological polar surface area (TPSA) is 67.5 Å². The van der Waals surface area contributed by atoms with Gasteiger partial charge in [-0.15, -0.1) is 13.2 Å². The Balaban J connectivity index is 1.20. The third-order valence-corrected chi connectivity index (χ3v) is 7.49. The summed E-state index contributed by atoms with van der Waals surface area (Å²) in [7, 11) is 0. The molecule has 6 rings (SSSR count). The Bertz CT molecular complexity index is 1280. The van der Waals surface area contributed by atoms with Gasteiger partial charge in [-0.1, -0.05) is 0 Å². The molecule has 6 nitrogen and oxygen atoms in total. The third-order valence-electron chi connectivity index (χ3n) is 7.49. The number of carbonyl (C=O) groups is 1. The Morgan fingerprint density at radius 1 is 1.11 bits per heavy atom. The van der Waals surface area contributed by atoms with Crippen molar-refractivity contribution in [1.82, 2.24) is 14.9 Å². The van der Waals surface area contributed by atoms with Crippen molar-refractivity contribution in [2.45, 2.75) is 37.5 Å². The first-order chi connectivity index (χ1) is 16.8. The highest BCUT2D eigenvalue weighted by molar-refractivity contribution is 5.94. The molecule has 0 spiro atoms. The van der Waals surface area contributed by atoms with E-state index in [2.05, 4.69) is 14.7 Å². The fourth-order valence-electron chi connectivity index (χ4n) is 5.93. The SMILES string of the molecule is O=C(c1ccc(OC(F)(F)F)cc1)N1CCC(c2c(F)cnc3[nH]c4c(c23)[C@H]2COC[C@@H]2C4)CC1. The quantitative estimate of drug-likeness (QED) is 0.531. The second-order valence-electron chi connectivity index (χ2n) is 9.51. The summed E-state index contributed by atoms with van der Waals surface area (Å²) in [6.07, 6.45) is -1.46. The summed E-state index contributed by atoms with van der Waals surface area (Å²) in [5.41, 5.74) is 3.93. The Morgan fingerprint density at radius 2 is 1.86 bits per heavy atom. The monoisotopic (exact) mass is 489 g/mol. The first kappa shape index (κ1) is 22.3. The Morgan fingerprint density at radius 3 is 2.57 bits per heavy atom. The molecule has 2 atom stereocenters. The Hall–Kier alpha value is -3.14. The third kappa shape index (κ3) is 3.93. The lowest BCUT2D eigenvalue weighted by Crippen LogP contribution is -2.38. The van der Waals surface area contributed by atoms with Crippen LogP contribution in [0.3, 0.4) is 0 Å². The van der Waals surface area contributed by atoms with Crippen LogP contribution in [-0.4, -0.2) is 53.4 Å². The van der Waals surface area contributed by atoms with Crippen molar-refractivity contribution >= 4 is 16.9 Å². The summed E-state index contributed by atoms with van der Waals surface area (Å²) >= 11 is 0. The summed E-state index contributed by atoms with van der Waals surface area (Å²) in [6.45, 7) is 2.21. The highest BCUT2D eigenvalue weighted by atomic mass is 19.4. The molecule has 1 N–H and O–H groups in total. The molecule has 184 valence electrons. The number of likely N-dealkylation sites (tertiary alicyclic amines) is 1. The molecule has 0 radical (unpaired) electrons. The molecule has 2 saturated heterocycles. The van der Waals surface area contributed by atoms with E-state index in [1.807, 2.05) is 0 Å². The normalized spacial score (nSPS) is 22.5. The Labute approximate surface area is 198 Å². The number of hydrogen-bond donors (Lipinski definition) is 1. The van der Waals surface area contributed by atoms with Crippen LogP contribution in [0.2, 0.25) is 0 Å². The molecule has 1 aliphatic carbocycles. The number of rotatable bonds is 3. The van der Waals surface area contributed by atoms with Gasteiger partial charge in [0.15, 0.2) is 0 Å². The number of aromatic nitrogens is 2. The van der Waals surface area contributed by atoms with E-state index in [0.717, 1.165) is 41.8 Å². The maximum absolute atomic E-state index is 15.2. The number of fused-ring (bicyclic) bond motifs is 5. The van der Waals surface area contributed by atoms with Crippen LogP contribution in [0.1, 0.15) is 51.9 Å². The van der Waals surface area contributed by atoms with Crippen LogP contribution in [0, 0.1) is 11.7 Å². The van der Waals surface area contributed by atoms with E-state index in [1.54, 1.807) is 4.90 Å². The molecule has 1 amide bonds. The lowest BCUT2D eigenvalue weighted by Gasteiger charge is -2.33. The highest BCUT2D eigenvalue weighted by Gasteiger charge is 2.41. The minimum Gasteiger partial charge on any atom is -0.406 e. The molecule has 2 aliphatic heterocycles. The van der Waals surface area contributed by atoms with Crippen molar-refractivity contribution in [3.8, 4) is 5.75 Å². The van der Waals surface area contributed by atoms with Gasteiger partial charge in [-0.25, -0.2) is 9.37 Å². The standard InChI is InChI=1S/C25H23F4N3O3/c26-18-10-30-23-22(21-17-12-34-11-15(17)9-19(21)31-23)20(18)13-5-7-32(8-6-13)24(33)14-1-3-16(4-2-14)35-25(27,28)29/h1-4,10,13,15,17H,5-9,11-12H2,(H,30,31)/t15-,17-/m0/s1. The smallest absolute Gasteiger partial charge is 0.406 e. The molecule has 0 bridgehead atoms. The molecular weight excluding hydrogens is 466 g/mol. The van der Waals surface area contributed by atoms with Crippen molar-refractivity contribution in [2.75, 3.05) is 26.3 Å². The average molecular weight is 489 g/mol. The summed E-state index contributed by atoms with van der Waals surface area (Å²) < 4.78 is 61.9. The van der Waals surface area contributed by atoms with Gasteiger partial charge in [0.2, 0.25) is 0 Å². The van der Waals surface area contributed by atoms with E-state index >= 15 is 4.39 Å². The molecular formula is C25H23F4N3O3. The highest BCUT2D eigenvalue weighted by Crippen LogP contribution is 2.48. The molecule has 3 aromatic rings. The van der Waals surface area contributed by atoms with Gasteiger partial charge < -0.3 is 19.4 Å². The number of nitrogens with one attached hydrogen (secondary N) is 1. The molecule has 0 saturated carbocycles. The zero-order valence-corrected chi connectivity index (χ0v) is 18.7. The molecule has 0 unspecified atom stereocenters. The van der Waals surface area contributed by atoms with E-state index in [4.69, 9.17) is 4.74 Å². The molecule has 3 aliphatic rings. The summed E-state index contributed by atoms with van der Waals surface area (Å²) in [5, 5.41) is 0.878. The zero-order valence-electron chi connectivity index (χ0n) is 18.7. The minimum absolute atomic E-state index is 0.0617. The van der Waals surface area contributed by atoms with Gasteiger partial charge >= 0.3 is 6.36 Å². The van der Waals surface area contributed by atoms with Gasteiger partial charge in [0.1, 0.15) is 17.2 Å². The first-order valence-corrected chi connectivity index (χ1v) is 11.7. The van der Waals surface area contributed by atoms with Crippen LogP contribution in [0.4, 0.5) is 17.6 Å². The lowest BCUT2D eigenvalue weighted by atomic mass is 9.85. The maximum Gasteiger partial charge on any atom is 0.573 e. The van der Waals surface area contributed by atoms with Gasteiger partial charge in [0.05, 0.1) is 19.4 Å². The van der Waals surface area contributed by atoms with E-state index in [9.17, 15) is 18.0 Å². The van der Waals surface area contributed by atoms with Gasteiger partial charge in [-0.2, -0.15) is 0 Å². The fourth-order valence-corrected chi connectivity index (χ4v) is 5.93. The number of nitrogens with zero attached hydrogens (tertiary/aromatic N) is 2. The Kier molecular flexibility index (Phi) is 5.24. The molecule has 10 heteroatoms. The number of H-pyrrole nitrogens is 1. The second-order valence-corrected chi connectivity index (χ2v) is 9.51. The number of carbonyl (C=O) groups excluding carboxylic acids is 1. The number of alkyl halides is 3. The van der Waals surface area contributed by atoms with Gasteiger partial charge in [-0.05, 0) is 60.9 Å². The van der Waals surface area contributed by atoms with E-state index in [1.165, 1.54) is 18.3 Å². The molecule has 2 aromatic heterocycles. The predicted octanol–water partition coefficient (Wildman–Crippen LogP) is 4.91. The van der Waals surface area contributed by atoms with Crippen LogP contribution >= 0.6 is 0 Å². The largest absolute Gasteiger partial charge is 0.573 e. The molecule has 1 aromatic carbocycles. The molecule has 35 heavy (non-hydrogen) atoms. The number of aromatic amines is 1. The van der Waals surface area contributed by atoms with Gasteiger partial charge in [-0.3, -0.25) is 4.79 Å². The van der Waals surface area contributed by atoms with Crippen molar-refractivity contribution in [3.05, 3.63) is 58.7 Å². The van der Waals surface area contributed by atoms with Crippen LogP contribution in [-0.2, 0) is 11.2 Å². The maximum atomic E-state index is 15.2. The van der Waals surface area contributed by atoms with Crippen molar-refractivity contribution in [2.24, 2.45) is 5.92 Å². The first-order valence-electron chi connectivity index (χ1n) is 11.7. The van der Waals surface area contributed by atoms with E-state index in [0.29, 0.717) is 49.7 Å². The summed E-state index contributed by atoms with van der Waals surface area (Å²) in [4.78, 5) is 22.3. The van der Waals surface area contributed by atoms with E-state index < -0.39 is 6.36 Å². The van der Waals surface area contributed by atoms with Crippen LogP contribution in [0.15, 0.2) is 30.5 Å². The van der Waals surface area contributed by atoms with Gasteiger partial charge in [0, 0.05) is 41.2 Å². The molecule has 2 fully saturated rings. The summed E-state index contributed by atoms with van der Waals surface area (Å²) in [5.74, 6) is -0.356. The number of halogens is 4. The number of hydrogen-bond acceptors (Lipinski definition) is 4. The minimum atomic E-state index is -4.79. The second kappa shape index (κ2) is 8.22. The molecule has 4 heterocycles. The van der Waals surface area contributed by atoms with E-state index in [-0.39, 0.29) is 34.9 Å². The van der Waals surface area contributed by atoms with Crippen LogP contribution in [0.25, 0.3) is 11.0 Å². The number of pyridine rings is 1. The number of ether oxygens (including phenoxy) is 2. The number of amides is 1. The van der Waals surface area contributed by atoms with Crippen LogP contribution in [0.5, 0.6) is 5.75 Å². The van der Waals surface area contributed by atoms with Crippen molar-refractivity contribution < 1.29 is 31.8 Å². The fraction of sp³-hybridized carbons (Fsp3) is 0.440. The summed E-state index contributed by atoms with van der Waals surface area (Å²) in [6, 6.07) is 4.90. The van der Waals surface area contributed by atoms with Crippen molar-refractivity contribution in [1.29, 1.82) is 0 Å². The predicted molar refractivity (Wildman–Crippen MR) is 118 cm³/mol. The average Bonchev–Trinajstić information content (AvgIpc) is 3.49. The number of piperidine rings is 1. The van der Waals surface area contributed by atoms with Crippen molar-refractivity contribution in [3.63, 3.8) is 0 Å². The zero-order chi connectivity index (χ0) is 24.3. The number of benzene rings is 1. The van der Waals surface area contributed by atoms with Gasteiger partial charge in [0.25, 0.3) is 5.91 Å².